The van der Waals surface area contributed by atoms with Gasteiger partial charge < -0.3 is 9.32 Å². The summed E-state index contributed by atoms with van der Waals surface area (Å²) >= 11 is 6.19. The van der Waals surface area contributed by atoms with Crippen molar-refractivity contribution in [3.05, 3.63) is 41.4 Å². The first kappa shape index (κ1) is 18.9. The number of benzene rings is 1. The Labute approximate surface area is 159 Å². The fraction of sp³-hybridized carbons (Fsp3) is 0.500. The lowest BCUT2D eigenvalue weighted by Gasteiger charge is -2.26. The number of rotatable bonds is 7. The van der Waals surface area contributed by atoms with Crippen LogP contribution in [0.3, 0.4) is 0 Å². The van der Waals surface area contributed by atoms with Gasteiger partial charge in [-0.05, 0) is 31.6 Å². The molecule has 0 saturated carbocycles. The number of amides is 1. The van der Waals surface area contributed by atoms with Gasteiger partial charge in [-0.1, -0.05) is 37.6 Å². The standard InChI is InChI=1S/C20H26ClN3O2/c1-3-23(4-2)15-11-12-24(14-15)20(25)10-9-19-22-13-18(26-19)16-7-5-6-8-17(16)21/h5-8,13,15H,3-4,9-12,14H2,1-2H3/t15-/m0/s1. The number of hydrogen-bond acceptors (Lipinski definition) is 4. The Hall–Kier alpha value is -1.85. The quantitative estimate of drug-likeness (QED) is 0.737. The molecule has 1 amide bonds. The maximum absolute atomic E-state index is 12.5. The fourth-order valence-corrected chi connectivity index (χ4v) is 3.82. The molecule has 1 aromatic carbocycles. The zero-order chi connectivity index (χ0) is 18.5. The third-order valence-corrected chi connectivity index (χ3v) is 5.42. The van der Waals surface area contributed by atoms with E-state index in [9.17, 15) is 4.79 Å². The van der Waals surface area contributed by atoms with Gasteiger partial charge >= 0.3 is 0 Å². The first-order valence-corrected chi connectivity index (χ1v) is 9.71. The van der Waals surface area contributed by atoms with Crippen LogP contribution in [0.1, 0.15) is 32.6 Å². The highest BCUT2D eigenvalue weighted by Gasteiger charge is 2.29. The zero-order valence-electron chi connectivity index (χ0n) is 15.4. The lowest BCUT2D eigenvalue weighted by molar-refractivity contribution is -0.130. The van der Waals surface area contributed by atoms with E-state index < -0.39 is 0 Å². The predicted molar refractivity (Wildman–Crippen MR) is 103 cm³/mol. The molecule has 2 heterocycles. The molecule has 1 aliphatic heterocycles. The molecular weight excluding hydrogens is 350 g/mol. The second kappa shape index (κ2) is 8.69. The topological polar surface area (TPSA) is 49.6 Å². The smallest absolute Gasteiger partial charge is 0.223 e. The summed E-state index contributed by atoms with van der Waals surface area (Å²) in [5.41, 5.74) is 0.820. The van der Waals surface area contributed by atoms with Crippen LogP contribution in [0.2, 0.25) is 5.02 Å². The van der Waals surface area contributed by atoms with Crippen molar-refractivity contribution < 1.29 is 9.21 Å². The molecule has 6 heteroatoms. The average Bonchev–Trinajstić information content (AvgIpc) is 3.31. The lowest BCUT2D eigenvalue weighted by atomic mass is 10.2. The van der Waals surface area contributed by atoms with E-state index in [1.165, 1.54) is 0 Å². The predicted octanol–water partition coefficient (Wildman–Crippen LogP) is 3.87. The second-order valence-corrected chi connectivity index (χ2v) is 7.01. The Morgan fingerprint density at radius 3 is 2.85 bits per heavy atom. The molecule has 0 radical (unpaired) electrons. The first-order chi connectivity index (χ1) is 12.6. The van der Waals surface area contributed by atoms with E-state index in [1.807, 2.05) is 29.2 Å². The molecule has 5 nitrogen and oxygen atoms in total. The Morgan fingerprint density at radius 1 is 1.35 bits per heavy atom. The fourth-order valence-electron chi connectivity index (χ4n) is 3.59. The summed E-state index contributed by atoms with van der Waals surface area (Å²) in [4.78, 5) is 21.2. The summed E-state index contributed by atoms with van der Waals surface area (Å²) in [5, 5.41) is 0.630. The van der Waals surface area contributed by atoms with Crippen molar-refractivity contribution in [1.82, 2.24) is 14.8 Å². The van der Waals surface area contributed by atoms with E-state index >= 15 is 0 Å². The van der Waals surface area contributed by atoms with Crippen molar-refractivity contribution >= 4 is 17.5 Å². The van der Waals surface area contributed by atoms with Gasteiger partial charge in [-0.25, -0.2) is 4.98 Å². The first-order valence-electron chi connectivity index (χ1n) is 9.33. The van der Waals surface area contributed by atoms with Crippen molar-refractivity contribution in [2.75, 3.05) is 26.2 Å². The summed E-state index contributed by atoms with van der Waals surface area (Å²) in [6.45, 7) is 8.09. The van der Waals surface area contributed by atoms with E-state index in [0.29, 0.717) is 35.6 Å². The molecule has 0 spiro atoms. The summed E-state index contributed by atoms with van der Waals surface area (Å²) in [6, 6.07) is 8.00. The van der Waals surface area contributed by atoms with Crippen molar-refractivity contribution in [3.63, 3.8) is 0 Å². The number of carbonyl (C=O) groups excluding carboxylic acids is 1. The summed E-state index contributed by atoms with van der Waals surface area (Å²) in [6.07, 6.45) is 3.67. The molecule has 0 unspecified atom stereocenters. The van der Waals surface area contributed by atoms with Crippen molar-refractivity contribution in [2.45, 2.75) is 39.2 Å². The Bertz CT molecular complexity index is 742. The number of likely N-dealkylation sites (N-methyl/N-ethyl adjacent to an activating group) is 1. The van der Waals surface area contributed by atoms with Crippen LogP contribution in [0, 0.1) is 0 Å². The van der Waals surface area contributed by atoms with Crippen LogP contribution >= 0.6 is 11.6 Å². The number of aryl methyl sites for hydroxylation is 1. The van der Waals surface area contributed by atoms with Gasteiger partial charge in [0.2, 0.25) is 5.91 Å². The van der Waals surface area contributed by atoms with Gasteiger partial charge in [-0.15, -0.1) is 0 Å². The molecule has 3 rings (SSSR count). The lowest BCUT2D eigenvalue weighted by Crippen LogP contribution is -2.38. The Balaban J connectivity index is 1.54. The summed E-state index contributed by atoms with van der Waals surface area (Å²) < 4.78 is 5.78. The van der Waals surface area contributed by atoms with E-state index in [0.717, 1.165) is 38.2 Å². The summed E-state index contributed by atoms with van der Waals surface area (Å²) in [7, 11) is 0. The van der Waals surface area contributed by atoms with Gasteiger partial charge in [0.15, 0.2) is 11.7 Å². The maximum Gasteiger partial charge on any atom is 0.223 e. The monoisotopic (exact) mass is 375 g/mol. The molecular formula is C20H26ClN3O2. The molecule has 1 saturated heterocycles. The minimum atomic E-state index is 0.178. The number of aromatic nitrogens is 1. The molecule has 2 aromatic rings. The number of hydrogen-bond donors (Lipinski definition) is 0. The normalized spacial score (nSPS) is 17.2. The third-order valence-electron chi connectivity index (χ3n) is 5.09. The van der Waals surface area contributed by atoms with E-state index in [-0.39, 0.29) is 5.91 Å². The maximum atomic E-state index is 12.5. The number of likely N-dealkylation sites (tertiary alicyclic amines) is 1. The van der Waals surface area contributed by atoms with E-state index in [4.69, 9.17) is 16.0 Å². The molecule has 0 bridgehead atoms. The molecule has 0 N–H and O–H groups in total. The molecule has 140 valence electrons. The van der Waals surface area contributed by atoms with Crippen LogP contribution in [0.4, 0.5) is 0 Å². The van der Waals surface area contributed by atoms with Crippen LogP contribution in [0.5, 0.6) is 0 Å². The third kappa shape index (κ3) is 4.27. The Morgan fingerprint density at radius 2 is 2.12 bits per heavy atom. The van der Waals surface area contributed by atoms with Gasteiger partial charge in [0.05, 0.1) is 11.2 Å². The van der Waals surface area contributed by atoms with Gasteiger partial charge in [0, 0.05) is 37.5 Å². The van der Waals surface area contributed by atoms with Gasteiger partial charge in [0.1, 0.15) is 0 Å². The van der Waals surface area contributed by atoms with Crippen LogP contribution in [-0.2, 0) is 11.2 Å². The SMILES string of the molecule is CCN(CC)[C@H]1CCN(C(=O)CCc2ncc(-c3ccccc3Cl)o2)C1. The van der Waals surface area contributed by atoms with E-state index in [1.54, 1.807) is 6.20 Å². The molecule has 26 heavy (non-hydrogen) atoms. The minimum Gasteiger partial charge on any atom is -0.441 e. The minimum absolute atomic E-state index is 0.178. The molecule has 1 aliphatic rings. The van der Waals surface area contributed by atoms with Crippen LogP contribution in [0.15, 0.2) is 34.9 Å². The van der Waals surface area contributed by atoms with Crippen molar-refractivity contribution in [1.29, 1.82) is 0 Å². The van der Waals surface area contributed by atoms with Crippen LogP contribution < -0.4 is 0 Å². The van der Waals surface area contributed by atoms with Crippen molar-refractivity contribution in [2.24, 2.45) is 0 Å². The molecule has 1 aromatic heterocycles. The average molecular weight is 376 g/mol. The molecule has 1 fully saturated rings. The number of carbonyl (C=O) groups is 1. The molecule has 0 aliphatic carbocycles. The number of nitrogens with zero attached hydrogens (tertiary/aromatic N) is 3. The highest BCUT2D eigenvalue weighted by atomic mass is 35.5. The Kier molecular flexibility index (Phi) is 6.33. The zero-order valence-corrected chi connectivity index (χ0v) is 16.2. The van der Waals surface area contributed by atoms with Crippen LogP contribution in [0.25, 0.3) is 11.3 Å². The van der Waals surface area contributed by atoms with Gasteiger partial charge in [-0.3, -0.25) is 9.69 Å². The van der Waals surface area contributed by atoms with Gasteiger partial charge in [-0.2, -0.15) is 0 Å². The molecule has 1 atom stereocenters. The largest absolute Gasteiger partial charge is 0.441 e. The van der Waals surface area contributed by atoms with E-state index in [2.05, 4.69) is 23.7 Å². The van der Waals surface area contributed by atoms with Gasteiger partial charge in [0.25, 0.3) is 0 Å². The highest BCUT2D eigenvalue weighted by Crippen LogP contribution is 2.28. The van der Waals surface area contributed by atoms with Crippen LogP contribution in [-0.4, -0.2) is 52.9 Å². The number of halogens is 1. The highest BCUT2D eigenvalue weighted by molar-refractivity contribution is 6.33. The van der Waals surface area contributed by atoms with Crippen molar-refractivity contribution in [3.8, 4) is 11.3 Å². The number of oxazole rings is 1. The summed E-state index contributed by atoms with van der Waals surface area (Å²) in [5.74, 6) is 1.39. The second-order valence-electron chi connectivity index (χ2n) is 6.60.